The fourth-order valence-corrected chi connectivity index (χ4v) is 3.21. The topological polar surface area (TPSA) is 46.9 Å². The van der Waals surface area contributed by atoms with E-state index >= 15 is 0 Å². The largest absolute Gasteiger partial charge is 0.448 e. The van der Waals surface area contributed by atoms with Gasteiger partial charge < -0.3 is 13.5 Å². The second kappa shape index (κ2) is 6.86. The number of nitrogens with zero attached hydrogens (tertiary/aromatic N) is 2. The molecule has 0 radical (unpaired) electrons. The normalized spacial score (nSPS) is 15.0. The minimum absolute atomic E-state index is 0.0970. The lowest BCUT2D eigenvalue weighted by Gasteiger charge is -2.21. The van der Waals surface area contributed by atoms with Crippen molar-refractivity contribution in [3.8, 4) is 5.69 Å². The van der Waals surface area contributed by atoms with Crippen LogP contribution in [0.25, 0.3) is 5.69 Å². The van der Waals surface area contributed by atoms with E-state index in [1.54, 1.807) is 11.7 Å². The first-order valence-electron chi connectivity index (χ1n) is 7.07. The first kappa shape index (κ1) is 17.1. The zero-order valence-electron chi connectivity index (χ0n) is 13.2. The summed E-state index contributed by atoms with van der Waals surface area (Å²) in [6.07, 6.45) is 3.67. The van der Waals surface area contributed by atoms with Gasteiger partial charge in [0.15, 0.2) is 0 Å². The van der Waals surface area contributed by atoms with Gasteiger partial charge in [-0.15, -0.1) is 0 Å². The molecule has 1 atom stereocenters. The number of aromatic nitrogens is 2. The van der Waals surface area contributed by atoms with E-state index in [0.29, 0.717) is 5.02 Å². The lowest BCUT2D eigenvalue weighted by molar-refractivity contribution is 0.581. The smallest absolute Gasteiger partial charge is 0.0995 e. The molecule has 0 aliphatic rings. The number of rotatable bonds is 4. The van der Waals surface area contributed by atoms with E-state index in [4.69, 9.17) is 11.6 Å². The fraction of sp³-hybridized carbons (Fsp3) is 0.375. The van der Waals surface area contributed by atoms with Crippen molar-refractivity contribution in [3.63, 3.8) is 0 Å². The Morgan fingerprint density at radius 3 is 2.55 bits per heavy atom. The van der Waals surface area contributed by atoms with Gasteiger partial charge in [-0.2, -0.15) is 5.37 Å². The molecule has 2 rings (SSSR count). The van der Waals surface area contributed by atoms with Gasteiger partial charge in [-0.25, -0.2) is 15.6 Å². The molecule has 0 saturated heterocycles. The minimum atomic E-state index is -1.20. The summed E-state index contributed by atoms with van der Waals surface area (Å²) in [6.45, 7) is 8.01. The quantitative estimate of drug-likeness (QED) is 0.678. The predicted octanol–water partition coefficient (Wildman–Crippen LogP) is 3.90. The van der Waals surface area contributed by atoms with Crippen LogP contribution >= 0.6 is 11.6 Å². The zero-order chi connectivity index (χ0) is 16.3. The molecule has 1 heterocycles. The minimum Gasteiger partial charge on any atom is -0.448 e. The van der Waals surface area contributed by atoms with Crippen LogP contribution in [0.5, 0.6) is 0 Å². The lowest BCUT2D eigenvalue weighted by Crippen LogP contribution is -2.21. The molecule has 1 aromatic carbocycles. The zero-order valence-corrected chi connectivity index (χ0v) is 14.8. The Morgan fingerprint density at radius 2 is 1.95 bits per heavy atom. The molecule has 6 heteroatoms. The number of halogens is 1. The second-order valence-corrected chi connectivity index (χ2v) is 7.81. The summed E-state index contributed by atoms with van der Waals surface area (Å²) in [7, 11) is -1.20. The third-order valence-corrected chi connectivity index (χ3v) is 4.68. The van der Waals surface area contributed by atoms with Gasteiger partial charge in [0.1, 0.15) is 0 Å². The molecule has 120 valence electrons. The highest BCUT2D eigenvalue weighted by Crippen LogP contribution is 2.16. The van der Waals surface area contributed by atoms with Crippen molar-refractivity contribution in [2.24, 2.45) is 5.41 Å². The SMILES string of the molecule is CC(N/[S-](=O)=C/C(C)(C)C)c1cn(-c2ccc(Cl)cc2)cn1. The summed E-state index contributed by atoms with van der Waals surface area (Å²) in [6, 6.07) is 7.43. The van der Waals surface area contributed by atoms with Gasteiger partial charge in [-0.05, 0) is 36.6 Å². The van der Waals surface area contributed by atoms with Crippen LogP contribution in [-0.4, -0.2) is 14.9 Å². The summed E-state index contributed by atoms with van der Waals surface area (Å²) < 4.78 is 17.0. The van der Waals surface area contributed by atoms with E-state index in [0.717, 1.165) is 11.4 Å². The van der Waals surface area contributed by atoms with Gasteiger partial charge in [-0.3, -0.25) is 0 Å². The Bertz CT molecular complexity index is 710. The highest BCUT2D eigenvalue weighted by molar-refractivity contribution is 7.81. The van der Waals surface area contributed by atoms with E-state index < -0.39 is 10.6 Å². The van der Waals surface area contributed by atoms with Crippen molar-refractivity contribution >= 4 is 27.5 Å². The van der Waals surface area contributed by atoms with Crippen LogP contribution in [0.4, 0.5) is 0 Å². The van der Waals surface area contributed by atoms with Crippen molar-refractivity contribution in [3.05, 3.63) is 47.5 Å². The van der Waals surface area contributed by atoms with Crippen LogP contribution in [0.15, 0.2) is 36.8 Å². The van der Waals surface area contributed by atoms with E-state index in [2.05, 4.69) is 9.71 Å². The molecule has 0 aliphatic heterocycles. The Kier molecular flexibility index (Phi) is 5.32. The van der Waals surface area contributed by atoms with Gasteiger partial charge >= 0.3 is 0 Å². The van der Waals surface area contributed by atoms with E-state index in [9.17, 15) is 4.21 Å². The second-order valence-electron chi connectivity index (χ2n) is 6.30. The standard InChI is InChI=1S/C16H21ClN3OS/c1-12(19-22(21)10-16(2,3)4)15-9-20(11-18-15)14-7-5-13(17)6-8-14/h5-12H,1-4H3,(H,19,21)/q-1. The van der Waals surface area contributed by atoms with Crippen LogP contribution < -0.4 is 4.72 Å². The Balaban J connectivity index is 2.12. The average molecular weight is 339 g/mol. The molecular formula is C16H21ClN3OS-. The summed E-state index contributed by atoms with van der Waals surface area (Å²) >= 11 is 5.89. The van der Waals surface area contributed by atoms with Crippen molar-refractivity contribution in [1.82, 2.24) is 14.3 Å². The molecule has 22 heavy (non-hydrogen) atoms. The molecule has 0 spiro atoms. The van der Waals surface area contributed by atoms with Crippen molar-refractivity contribution in [2.45, 2.75) is 33.7 Å². The average Bonchev–Trinajstić information content (AvgIpc) is 2.86. The predicted molar refractivity (Wildman–Crippen MR) is 93.7 cm³/mol. The van der Waals surface area contributed by atoms with E-state index in [1.807, 2.05) is 62.7 Å². The molecule has 4 nitrogen and oxygen atoms in total. The van der Waals surface area contributed by atoms with Crippen LogP contribution in [0, 0.1) is 5.41 Å². The molecule has 0 bridgehead atoms. The molecule has 0 aliphatic carbocycles. The molecular weight excluding hydrogens is 318 g/mol. The number of nitrogens with one attached hydrogen (secondary N) is 1. The van der Waals surface area contributed by atoms with Crippen LogP contribution in [0.2, 0.25) is 5.02 Å². The molecule has 1 aromatic heterocycles. The molecule has 1 unspecified atom stereocenters. The summed E-state index contributed by atoms with van der Waals surface area (Å²) in [5.41, 5.74) is 1.73. The Labute approximate surface area is 138 Å². The number of benzene rings is 1. The van der Waals surface area contributed by atoms with Gasteiger partial charge in [0.25, 0.3) is 0 Å². The Morgan fingerprint density at radius 1 is 1.32 bits per heavy atom. The van der Waals surface area contributed by atoms with Gasteiger partial charge in [0, 0.05) is 22.9 Å². The maximum atomic E-state index is 12.1. The third-order valence-electron chi connectivity index (χ3n) is 2.92. The third kappa shape index (κ3) is 4.87. The molecule has 0 saturated carbocycles. The number of imidazole rings is 1. The first-order valence-corrected chi connectivity index (χ1v) is 8.66. The van der Waals surface area contributed by atoms with Crippen molar-refractivity contribution in [2.75, 3.05) is 0 Å². The Hall–Kier alpha value is -1.30. The summed E-state index contributed by atoms with van der Waals surface area (Å²) in [4.78, 5) is 4.38. The maximum absolute atomic E-state index is 12.1. The monoisotopic (exact) mass is 338 g/mol. The molecule has 0 amide bonds. The van der Waals surface area contributed by atoms with E-state index in [-0.39, 0.29) is 11.5 Å². The van der Waals surface area contributed by atoms with Gasteiger partial charge in [0.2, 0.25) is 0 Å². The van der Waals surface area contributed by atoms with Crippen molar-refractivity contribution in [1.29, 1.82) is 0 Å². The summed E-state index contributed by atoms with van der Waals surface area (Å²) in [5.74, 6) is 0. The molecule has 0 fully saturated rings. The maximum Gasteiger partial charge on any atom is 0.0995 e. The van der Waals surface area contributed by atoms with Gasteiger partial charge in [-0.1, -0.05) is 32.4 Å². The number of hydrogen-bond acceptors (Lipinski definition) is 3. The summed E-state index contributed by atoms with van der Waals surface area (Å²) in [5, 5.41) is 2.49. The number of hydrogen-bond donors (Lipinski definition) is 1. The van der Waals surface area contributed by atoms with Crippen molar-refractivity contribution < 1.29 is 4.21 Å². The highest BCUT2D eigenvalue weighted by Gasteiger charge is 2.07. The first-order chi connectivity index (χ1) is 10.2. The van der Waals surface area contributed by atoms with Crippen LogP contribution in [-0.2, 0) is 14.8 Å². The lowest BCUT2D eigenvalue weighted by atomic mass is 10.0. The van der Waals surface area contributed by atoms with Gasteiger partial charge in [0.05, 0.1) is 12.0 Å². The van der Waals surface area contributed by atoms with E-state index in [1.165, 1.54) is 0 Å². The molecule has 2 aromatic rings. The fourth-order valence-electron chi connectivity index (χ4n) is 1.91. The van der Waals surface area contributed by atoms with Crippen LogP contribution in [0.3, 0.4) is 0 Å². The highest BCUT2D eigenvalue weighted by atomic mass is 35.5. The van der Waals surface area contributed by atoms with Crippen LogP contribution in [0.1, 0.15) is 39.4 Å². The molecule has 1 N–H and O–H groups in total.